The molecule has 1 N–H and O–H groups in total. The molecule has 2 aromatic heterocycles. The number of imidazole rings is 1. The van der Waals surface area contributed by atoms with Crippen LogP contribution in [0.15, 0.2) is 152 Å². The van der Waals surface area contributed by atoms with Gasteiger partial charge in [-0.15, -0.1) is 23.8 Å². The zero-order chi connectivity index (χ0) is 52.6. The Hall–Kier alpha value is -6.35. The van der Waals surface area contributed by atoms with Crippen LogP contribution in [0, 0.1) is 26.7 Å². The summed E-state index contributed by atoms with van der Waals surface area (Å²) in [7, 11) is 0. The molecule has 0 aliphatic rings. The maximum atomic E-state index is 12.3. The van der Waals surface area contributed by atoms with E-state index in [4.69, 9.17) is 20.9 Å². The van der Waals surface area contributed by atoms with Crippen LogP contribution in [-0.4, -0.2) is 19.6 Å². The molecule has 4 nitrogen and oxygen atoms in total. The fourth-order valence-electron chi connectivity index (χ4n) is 8.61. The topological polar surface area (TPSA) is 50.9 Å². The standard InChI is InChI=1S/C61H58N3O.Pt/c1-37(2)46-30-47(38(3)4)32-49(31-46)44-23-24-56(41(7)29-44)64-57-18-14-17-52(58(57)63-60(64)53-27-40(6)28-54(59(53)65)61(8,9)10)50-33-48(42-15-12-11-13-16-42)34-51(35-50)55-36-45(25-26-62-55)43-21-19-39(5)20-22-43;/h11-34,36-38,65H,1-10H3;/q-1;/i5D3,7D3,37D,38D;. The SMILES string of the molecule is [2H]C([2H])([2H])c1ccc(-c2ccnc(-c3[c-]c(-c4cccc5c4nc(-c4cc(C)cc(C(C)(C)C)c4O)n5-c4ccc(-c5cc(C([2H])(C)C)cc(C([2H])(C)C)c5)cc4C([2H])([2H])[2H])cc(-c4ccccc4)c3)c2)cc1.[Pt]. The first-order valence-electron chi connectivity index (χ1n) is 26.0. The number of nitrogens with zero attached hydrogens (tertiary/aromatic N) is 3. The van der Waals surface area contributed by atoms with E-state index in [1.54, 1.807) is 70.3 Å². The molecule has 9 aromatic rings. The quantitative estimate of drug-likeness (QED) is 0.147. The molecule has 0 amide bonds. The van der Waals surface area contributed by atoms with Crippen LogP contribution in [0.2, 0.25) is 0 Å². The largest absolute Gasteiger partial charge is 0.507 e. The summed E-state index contributed by atoms with van der Waals surface area (Å²) in [5.74, 6) is -1.57. The molecule has 5 heteroatoms. The first-order chi connectivity index (χ1) is 34.1. The van der Waals surface area contributed by atoms with Crippen molar-refractivity contribution in [3.63, 3.8) is 0 Å². The Labute approximate surface area is 417 Å². The summed E-state index contributed by atoms with van der Waals surface area (Å²) < 4.78 is 70.5. The normalized spacial score (nSPS) is 14.2. The number of fused-ring (bicyclic) bond motifs is 1. The molecule has 2 heterocycles. The number of phenolic OH excluding ortho intramolecular Hbond substituents is 1. The van der Waals surface area contributed by atoms with E-state index in [2.05, 4.69) is 12.1 Å². The zero-order valence-corrected chi connectivity index (χ0v) is 40.8. The molecule has 0 bridgehead atoms. The van der Waals surface area contributed by atoms with Crippen LogP contribution in [0.25, 0.3) is 83.9 Å². The predicted molar refractivity (Wildman–Crippen MR) is 273 cm³/mol. The van der Waals surface area contributed by atoms with Crippen molar-refractivity contribution in [3.8, 4) is 78.6 Å². The predicted octanol–water partition coefficient (Wildman–Crippen LogP) is 16.4. The molecule has 0 spiro atoms. The molecule has 66 heavy (non-hydrogen) atoms. The smallest absolute Gasteiger partial charge is 0.148 e. The fraction of sp³-hybridized carbons (Fsp3) is 0.213. The minimum Gasteiger partial charge on any atom is -0.507 e. The van der Waals surface area contributed by atoms with Gasteiger partial charge in [-0.05, 0) is 118 Å². The average Bonchev–Trinajstić information content (AvgIpc) is 3.72. The van der Waals surface area contributed by atoms with Crippen LogP contribution < -0.4 is 0 Å². The van der Waals surface area contributed by atoms with Crippen LogP contribution in [0.3, 0.4) is 0 Å². The van der Waals surface area contributed by atoms with Gasteiger partial charge in [-0.2, -0.15) is 0 Å². The Morgan fingerprint density at radius 1 is 0.621 bits per heavy atom. The maximum absolute atomic E-state index is 12.3. The summed E-state index contributed by atoms with van der Waals surface area (Å²) >= 11 is 0. The van der Waals surface area contributed by atoms with Crippen molar-refractivity contribution in [2.24, 2.45) is 0 Å². The van der Waals surface area contributed by atoms with Gasteiger partial charge in [-0.25, -0.2) is 4.98 Å². The number of aryl methyl sites for hydroxylation is 3. The van der Waals surface area contributed by atoms with Gasteiger partial charge in [-0.3, -0.25) is 9.55 Å². The second-order valence-corrected chi connectivity index (χ2v) is 18.5. The second kappa shape index (κ2) is 18.5. The van der Waals surface area contributed by atoms with Gasteiger partial charge in [0.2, 0.25) is 0 Å². The van der Waals surface area contributed by atoms with E-state index in [9.17, 15) is 5.11 Å². The van der Waals surface area contributed by atoms with Crippen LogP contribution in [-0.2, 0) is 26.5 Å². The van der Waals surface area contributed by atoms with Crippen molar-refractivity contribution in [1.82, 2.24) is 14.5 Å². The molecule has 0 fully saturated rings. The van der Waals surface area contributed by atoms with E-state index in [-0.39, 0.29) is 37.9 Å². The summed E-state index contributed by atoms with van der Waals surface area (Å²) in [6, 6.07) is 49.3. The zero-order valence-electron chi connectivity index (χ0n) is 46.5. The third-order valence-electron chi connectivity index (χ3n) is 12.2. The van der Waals surface area contributed by atoms with Crippen LogP contribution in [0.4, 0.5) is 0 Å². The van der Waals surface area contributed by atoms with E-state index in [1.807, 2.05) is 135 Å². The molecule has 7 aromatic carbocycles. The van der Waals surface area contributed by atoms with Gasteiger partial charge < -0.3 is 5.11 Å². The molecule has 0 saturated carbocycles. The van der Waals surface area contributed by atoms with Crippen LogP contribution in [0.5, 0.6) is 5.75 Å². The summed E-state index contributed by atoms with van der Waals surface area (Å²) in [6.45, 7) is 10.4. The van der Waals surface area contributed by atoms with Gasteiger partial charge >= 0.3 is 0 Å². The van der Waals surface area contributed by atoms with Gasteiger partial charge in [0, 0.05) is 49.5 Å². The first-order valence-corrected chi connectivity index (χ1v) is 22.0. The summed E-state index contributed by atoms with van der Waals surface area (Å²) in [4.78, 5) is 10.2. The fourth-order valence-corrected chi connectivity index (χ4v) is 8.61. The molecule has 0 aliphatic carbocycles. The molecule has 334 valence electrons. The van der Waals surface area contributed by atoms with E-state index in [0.29, 0.717) is 72.7 Å². The molecular formula is C61H58N3OPt-. The number of rotatable bonds is 9. The van der Waals surface area contributed by atoms with Crippen molar-refractivity contribution in [3.05, 3.63) is 191 Å². The second-order valence-electron chi connectivity index (χ2n) is 18.5. The Balaban J connectivity index is 0.00000729. The van der Waals surface area contributed by atoms with Crippen molar-refractivity contribution >= 4 is 11.0 Å². The van der Waals surface area contributed by atoms with Crippen molar-refractivity contribution in [2.45, 2.75) is 86.3 Å². The van der Waals surface area contributed by atoms with E-state index < -0.39 is 30.9 Å². The third-order valence-corrected chi connectivity index (χ3v) is 12.2. The van der Waals surface area contributed by atoms with E-state index >= 15 is 0 Å². The number of phenols is 1. The van der Waals surface area contributed by atoms with Gasteiger partial charge in [0.25, 0.3) is 0 Å². The number of aromatic nitrogens is 3. The molecule has 0 aliphatic heterocycles. The number of aromatic hydroxyl groups is 1. The Bertz CT molecular complexity index is 3530. The Morgan fingerprint density at radius 2 is 1.29 bits per heavy atom. The average molecular weight is 1050 g/mol. The number of hydrogen-bond donors (Lipinski definition) is 1. The molecule has 0 saturated heterocycles. The Kier molecular flexibility index (Phi) is 10.3. The summed E-state index contributed by atoms with van der Waals surface area (Å²) in [5, 5.41) is 12.3. The van der Waals surface area contributed by atoms with E-state index in [0.717, 1.165) is 33.4 Å². The number of benzene rings is 7. The number of hydrogen-bond acceptors (Lipinski definition) is 3. The van der Waals surface area contributed by atoms with Gasteiger partial charge in [0.05, 0.1) is 22.3 Å². The van der Waals surface area contributed by atoms with Crippen LogP contribution in [0.1, 0.15) is 105 Å². The maximum Gasteiger partial charge on any atom is 0.148 e. The van der Waals surface area contributed by atoms with Gasteiger partial charge in [0.15, 0.2) is 0 Å². The molecule has 0 unspecified atom stereocenters. The van der Waals surface area contributed by atoms with Crippen LogP contribution >= 0.6 is 0 Å². The number of para-hydroxylation sites is 1. The molecular weight excluding hydrogens is 986 g/mol. The van der Waals surface area contributed by atoms with Gasteiger partial charge in [-0.1, -0.05) is 174 Å². The third kappa shape index (κ3) is 9.09. The van der Waals surface area contributed by atoms with Crippen molar-refractivity contribution < 1.29 is 37.1 Å². The van der Waals surface area contributed by atoms with E-state index in [1.165, 1.54) is 0 Å². The minimum absolute atomic E-state index is 0. The summed E-state index contributed by atoms with van der Waals surface area (Å²) in [5.41, 5.74) is 12.5. The molecule has 9 rings (SSSR count). The van der Waals surface area contributed by atoms with Crippen molar-refractivity contribution in [1.29, 1.82) is 0 Å². The first kappa shape index (κ1) is 36.8. The monoisotopic (exact) mass is 1050 g/mol. The van der Waals surface area contributed by atoms with Crippen molar-refractivity contribution in [2.75, 3.05) is 0 Å². The minimum atomic E-state index is -2.63. The molecule has 0 atom stereocenters. The Morgan fingerprint density at radius 3 is 1.97 bits per heavy atom. The van der Waals surface area contributed by atoms with Gasteiger partial charge in [0.1, 0.15) is 11.6 Å². The molecule has 0 radical (unpaired) electrons. The summed E-state index contributed by atoms with van der Waals surface area (Å²) in [6.07, 6.45) is 1.73. The number of pyridine rings is 1.